The summed E-state index contributed by atoms with van der Waals surface area (Å²) < 4.78 is 46.0. The highest BCUT2D eigenvalue weighted by atomic mass is 32.2. The Hall–Kier alpha value is -4.23. The van der Waals surface area contributed by atoms with Crippen molar-refractivity contribution in [1.82, 2.24) is 20.1 Å². The molecule has 2 aliphatic rings. The van der Waals surface area contributed by atoms with E-state index in [0.29, 0.717) is 54.5 Å². The normalized spacial score (nSPS) is 15.5. The predicted octanol–water partition coefficient (Wildman–Crippen LogP) is 5.28. The van der Waals surface area contributed by atoms with Crippen LogP contribution in [-0.2, 0) is 23.0 Å². The molecule has 0 bridgehead atoms. The molecule has 2 aliphatic heterocycles. The molecule has 246 valence electrons. The minimum atomic E-state index is -3.36. The number of hydrogen-bond acceptors (Lipinski definition) is 7. The first-order chi connectivity index (χ1) is 22.0. The maximum absolute atomic E-state index is 14.9. The standard InChI is InChI=1S/C33H41FN6O5S/c1-4-5-16-40(33(42)37-30-20-28-23(19-29(30)34)12-15-35-32(28)41)26-13-17-39(18-14-26)21-24-6-11-31(36-22(24)2)45-27-9-7-25(8-10-27)38-46(3,43)44/h6-11,19-20,26,38H,4-5,12-18,21H2,1-3H3,(H,35,41)(H,37,42). The number of halogens is 1. The quantitative estimate of drug-likeness (QED) is 0.257. The van der Waals surface area contributed by atoms with Crippen molar-refractivity contribution in [3.63, 3.8) is 0 Å². The number of anilines is 2. The Balaban J connectivity index is 1.17. The fourth-order valence-corrected chi connectivity index (χ4v) is 6.41. The second-order valence-corrected chi connectivity index (χ2v) is 13.6. The molecule has 0 saturated carbocycles. The first-order valence-corrected chi connectivity index (χ1v) is 17.5. The van der Waals surface area contributed by atoms with Gasteiger partial charge in [0.1, 0.15) is 11.6 Å². The lowest BCUT2D eigenvalue weighted by atomic mass is 9.99. The van der Waals surface area contributed by atoms with Gasteiger partial charge in [-0.05, 0) is 80.1 Å². The van der Waals surface area contributed by atoms with E-state index < -0.39 is 15.8 Å². The van der Waals surface area contributed by atoms with Crippen molar-refractivity contribution in [2.75, 3.05) is 42.5 Å². The summed E-state index contributed by atoms with van der Waals surface area (Å²) in [6, 6.07) is 12.9. The van der Waals surface area contributed by atoms with Gasteiger partial charge >= 0.3 is 6.03 Å². The molecule has 13 heteroatoms. The summed E-state index contributed by atoms with van der Waals surface area (Å²) in [5.41, 5.74) is 3.45. The van der Waals surface area contributed by atoms with Crippen molar-refractivity contribution in [1.29, 1.82) is 0 Å². The fraction of sp³-hybridized carbons (Fsp3) is 0.424. The monoisotopic (exact) mass is 652 g/mol. The van der Waals surface area contributed by atoms with Crippen molar-refractivity contribution >= 4 is 33.3 Å². The second kappa shape index (κ2) is 14.5. The van der Waals surface area contributed by atoms with Crippen molar-refractivity contribution in [2.45, 2.75) is 58.5 Å². The zero-order valence-electron chi connectivity index (χ0n) is 26.4. The number of likely N-dealkylation sites (tertiary alicyclic amines) is 1. The van der Waals surface area contributed by atoms with Crippen LogP contribution in [0.3, 0.4) is 0 Å². The van der Waals surface area contributed by atoms with E-state index in [4.69, 9.17) is 4.74 Å². The topological polar surface area (TPSA) is 133 Å². The minimum absolute atomic E-state index is 0.0146. The highest BCUT2D eigenvalue weighted by molar-refractivity contribution is 7.92. The third-order valence-electron chi connectivity index (χ3n) is 8.31. The highest BCUT2D eigenvalue weighted by Crippen LogP contribution is 2.27. The SMILES string of the molecule is CCCCN(C(=O)Nc1cc2c(cc1F)CCNC2=O)C1CCN(Cc2ccc(Oc3ccc(NS(C)(=O)=O)cc3)nc2C)CC1. The van der Waals surface area contributed by atoms with Gasteiger partial charge in [-0.25, -0.2) is 22.6 Å². The third-order valence-corrected chi connectivity index (χ3v) is 8.92. The number of nitrogens with zero attached hydrogens (tertiary/aromatic N) is 3. The molecule has 3 heterocycles. The number of ether oxygens (including phenoxy) is 1. The van der Waals surface area contributed by atoms with E-state index in [0.717, 1.165) is 56.3 Å². The zero-order chi connectivity index (χ0) is 32.8. The van der Waals surface area contributed by atoms with Crippen molar-refractivity contribution in [3.05, 3.63) is 76.7 Å². The molecule has 2 aromatic carbocycles. The summed E-state index contributed by atoms with van der Waals surface area (Å²) in [5, 5.41) is 5.52. The Kier molecular flexibility index (Phi) is 10.4. The van der Waals surface area contributed by atoms with Crippen LogP contribution in [0.4, 0.5) is 20.6 Å². The van der Waals surface area contributed by atoms with E-state index in [-0.39, 0.29) is 23.7 Å². The lowest BCUT2D eigenvalue weighted by Gasteiger charge is -2.38. The number of nitrogens with one attached hydrogen (secondary N) is 3. The van der Waals surface area contributed by atoms with Gasteiger partial charge < -0.3 is 20.3 Å². The van der Waals surface area contributed by atoms with E-state index in [1.807, 2.05) is 24.0 Å². The van der Waals surface area contributed by atoms with Crippen LogP contribution >= 0.6 is 0 Å². The molecule has 3 aromatic rings. The Morgan fingerprint density at radius 3 is 2.57 bits per heavy atom. The molecule has 1 fully saturated rings. The Morgan fingerprint density at radius 1 is 1.15 bits per heavy atom. The number of amides is 3. The summed E-state index contributed by atoms with van der Waals surface area (Å²) in [6.45, 7) is 7.35. The summed E-state index contributed by atoms with van der Waals surface area (Å²) >= 11 is 0. The van der Waals surface area contributed by atoms with Gasteiger partial charge in [0, 0.05) is 61.8 Å². The number of unbranched alkanes of at least 4 members (excludes halogenated alkanes) is 1. The summed E-state index contributed by atoms with van der Waals surface area (Å²) in [6.07, 6.45) is 4.98. The van der Waals surface area contributed by atoms with Crippen LogP contribution in [0.5, 0.6) is 11.6 Å². The number of carbonyl (C=O) groups excluding carboxylic acids is 2. The second-order valence-electron chi connectivity index (χ2n) is 11.9. The lowest BCUT2D eigenvalue weighted by molar-refractivity contribution is 0.0945. The van der Waals surface area contributed by atoms with Crippen LogP contribution in [0, 0.1) is 12.7 Å². The van der Waals surface area contributed by atoms with Crippen LogP contribution in [0.15, 0.2) is 48.5 Å². The Bertz CT molecular complexity index is 1680. The van der Waals surface area contributed by atoms with Gasteiger partial charge in [-0.15, -0.1) is 0 Å². The molecule has 1 saturated heterocycles. The van der Waals surface area contributed by atoms with E-state index in [1.165, 1.54) is 12.1 Å². The first-order valence-electron chi connectivity index (χ1n) is 15.6. The van der Waals surface area contributed by atoms with Crippen LogP contribution in [0.2, 0.25) is 0 Å². The summed E-state index contributed by atoms with van der Waals surface area (Å²) in [7, 11) is -3.36. The van der Waals surface area contributed by atoms with Crippen LogP contribution in [0.25, 0.3) is 0 Å². The van der Waals surface area contributed by atoms with Gasteiger partial charge in [0.15, 0.2) is 0 Å². The van der Waals surface area contributed by atoms with Crippen LogP contribution in [0.1, 0.15) is 59.8 Å². The molecular weight excluding hydrogens is 611 g/mol. The van der Waals surface area contributed by atoms with Gasteiger partial charge in [-0.2, -0.15) is 0 Å². The lowest BCUT2D eigenvalue weighted by Crippen LogP contribution is -2.49. The Morgan fingerprint density at radius 2 is 1.89 bits per heavy atom. The average Bonchev–Trinajstić information content (AvgIpc) is 3.00. The molecule has 0 atom stereocenters. The van der Waals surface area contributed by atoms with E-state index in [9.17, 15) is 22.4 Å². The number of aromatic nitrogens is 1. The van der Waals surface area contributed by atoms with E-state index >= 15 is 0 Å². The van der Waals surface area contributed by atoms with E-state index in [2.05, 4.69) is 32.2 Å². The molecule has 0 unspecified atom stereocenters. The zero-order valence-corrected chi connectivity index (χ0v) is 27.3. The number of benzene rings is 2. The molecule has 0 radical (unpaired) electrons. The molecule has 5 rings (SSSR count). The first kappa shape index (κ1) is 33.1. The number of aryl methyl sites for hydroxylation is 1. The van der Waals surface area contributed by atoms with Gasteiger partial charge in [-0.1, -0.05) is 19.4 Å². The molecule has 3 amide bonds. The number of carbonyl (C=O) groups is 2. The average molecular weight is 653 g/mol. The van der Waals surface area contributed by atoms with Crippen molar-refractivity contribution < 1.29 is 27.1 Å². The largest absolute Gasteiger partial charge is 0.439 e. The maximum atomic E-state index is 14.9. The molecule has 0 spiro atoms. The fourth-order valence-electron chi connectivity index (χ4n) is 5.85. The number of hydrogen-bond donors (Lipinski definition) is 3. The number of fused-ring (bicyclic) bond motifs is 1. The number of sulfonamides is 1. The number of urea groups is 1. The number of pyridine rings is 1. The summed E-state index contributed by atoms with van der Waals surface area (Å²) in [5.74, 6) is 0.192. The van der Waals surface area contributed by atoms with Crippen LogP contribution < -0.4 is 20.1 Å². The maximum Gasteiger partial charge on any atom is 0.322 e. The van der Waals surface area contributed by atoms with Gasteiger partial charge in [0.05, 0.1) is 11.9 Å². The third kappa shape index (κ3) is 8.52. The molecule has 3 N–H and O–H groups in total. The highest BCUT2D eigenvalue weighted by Gasteiger charge is 2.29. The number of rotatable bonds is 11. The van der Waals surface area contributed by atoms with Crippen molar-refractivity contribution in [3.8, 4) is 11.6 Å². The number of piperidine rings is 1. The Labute approximate surface area is 269 Å². The van der Waals surface area contributed by atoms with Gasteiger partial charge in [0.25, 0.3) is 5.91 Å². The molecule has 0 aliphatic carbocycles. The van der Waals surface area contributed by atoms with Gasteiger partial charge in [0.2, 0.25) is 15.9 Å². The minimum Gasteiger partial charge on any atom is -0.439 e. The summed E-state index contributed by atoms with van der Waals surface area (Å²) in [4.78, 5) is 34.5. The van der Waals surface area contributed by atoms with Gasteiger partial charge in [-0.3, -0.25) is 14.4 Å². The van der Waals surface area contributed by atoms with Crippen LogP contribution in [-0.4, -0.2) is 73.6 Å². The smallest absolute Gasteiger partial charge is 0.322 e. The molecule has 1 aromatic heterocycles. The molecule has 46 heavy (non-hydrogen) atoms. The predicted molar refractivity (Wildman–Crippen MR) is 175 cm³/mol. The molecular formula is C33H41FN6O5S. The van der Waals surface area contributed by atoms with Crippen molar-refractivity contribution in [2.24, 2.45) is 0 Å². The molecule has 11 nitrogen and oxygen atoms in total. The van der Waals surface area contributed by atoms with E-state index in [1.54, 1.807) is 24.3 Å².